The predicted molar refractivity (Wildman–Crippen MR) is 77.5 cm³/mol. The van der Waals surface area contributed by atoms with E-state index in [0.717, 1.165) is 11.3 Å². The van der Waals surface area contributed by atoms with Gasteiger partial charge in [0, 0.05) is 13.6 Å². The van der Waals surface area contributed by atoms with E-state index in [0.29, 0.717) is 24.2 Å². The molecule has 2 aromatic rings. The summed E-state index contributed by atoms with van der Waals surface area (Å²) in [6.07, 6.45) is 2.01. The van der Waals surface area contributed by atoms with Gasteiger partial charge in [-0.2, -0.15) is 0 Å². The molecule has 0 unspecified atom stereocenters. The minimum Gasteiger partial charge on any atom is -0.497 e. The molecule has 0 saturated heterocycles. The number of aldehydes is 1. The number of anilines is 1. The Morgan fingerprint density at radius 2 is 2.00 bits per heavy atom. The van der Waals surface area contributed by atoms with Gasteiger partial charge < -0.3 is 9.64 Å². The summed E-state index contributed by atoms with van der Waals surface area (Å²) in [5.41, 5.74) is 1.37. The van der Waals surface area contributed by atoms with Crippen molar-refractivity contribution in [2.75, 3.05) is 19.1 Å². The molecule has 1 heterocycles. The third-order valence-electron chi connectivity index (χ3n) is 2.87. The fourth-order valence-electron chi connectivity index (χ4n) is 1.85. The number of rotatable bonds is 5. The summed E-state index contributed by atoms with van der Waals surface area (Å²) in [6, 6.07) is 7.69. The number of ether oxygens (including phenoxy) is 1. The fraction of sp³-hybridized carbons (Fsp3) is 0.214. The lowest BCUT2D eigenvalue weighted by Crippen LogP contribution is -2.19. The summed E-state index contributed by atoms with van der Waals surface area (Å²) in [5.74, 6) is 1.31. The van der Waals surface area contributed by atoms with Crippen molar-refractivity contribution >= 4 is 23.7 Å². The minimum atomic E-state index is 0.159. The molecule has 0 spiro atoms. The molecule has 0 N–H and O–H groups in total. The molecule has 1 aromatic carbocycles. The second-order valence-electron chi connectivity index (χ2n) is 4.22. The topological polar surface area (TPSA) is 55.3 Å². The summed E-state index contributed by atoms with van der Waals surface area (Å²) >= 11 is 5.89. The number of hydrogen-bond donors (Lipinski definition) is 0. The van der Waals surface area contributed by atoms with Crippen molar-refractivity contribution in [3.8, 4) is 5.75 Å². The number of hydrogen-bond acceptors (Lipinski definition) is 5. The second-order valence-corrected chi connectivity index (χ2v) is 4.58. The molecule has 0 aliphatic heterocycles. The molecule has 0 aliphatic carbocycles. The largest absolute Gasteiger partial charge is 0.497 e. The molecule has 0 amide bonds. The molecule has 0 bridgehead atoms. The summed E-state index contributed by atoms with van der Waals surface area (Å²) < 4.78 is 5.11. The van der Waals surface area contributed by atoms with Crippen molar-refractivity contribution in [1.29, 1.82) is 0 Å². The Labute approximate surface area is 122 Å². The van der Waals surface area contributed by atoms with Crippen molar-refractivity contribution in [3.63, 3.8) is 0 Å². The molecular formula is C14H14ClN3O2. The lowest BCUT2D eigenvalue weighted by molar-refractivity contribution is 0.112. The van der Waals surface area contributed by atoms with E-state index >= 15 is 0 Å². The number of benzene rings is 1. The van der Waals surface area contributed by atoms with Gasteiger partial charge in [-0.3, -0.25) is 4.79 Å². The highest BCUT2D eigenvalue weighted by atomic mass is 35.5. The first kappa shape index (κ1) is 14.3. The van der Waals surface area contributed by atoms with Crippen LogP contribution >= 0.6 is 11.6 Å². The maximum atomic E-state index is 11.1. The number of methoxy groups -OCH3 is 1. The van der Waals surface area contributed by atoms with Crippen molar-refractivity contribution in [2.24, 2.45) is 0 Å². The zero-order valence-corrected chi connectivity index (χ0v) is 12.0. The zero-order chi connectivity index (χ0) is 14.5. The maximum absolute atomic E-state index is 11.1. The van der Waals surface area contributed by atoms with Gasteiger partial charge >= 0.3 is 0 Å². The zero-order valence-electron chi connectivity index (χ0n) is 11.2. The number of halogens is 1. The van der Waals surface area contributed by atoms with Gasteiger partial charge in [0.15, 0.2) is 6.29 Å². The third-order valence-corrected chi connectivity index (χ3v) is 3.17. The average molecular weight is 292 g/mol. The molecule has 104 valence electrons. The molecule has 0 saturated carbocycles. The summed E-state index contributed by atoms with van der Waals surface area (Å²) in [6.45, 7) is 0.595. The number of carbonyl (C=O) groups is 1. The van der Waals surface area contributed by atoms with Gasteiger partial charge in [-0.25, -0.2) is 9.97 Å². The van der Waals surface area contributed by atoms with Crippen LogP contribution in [0.1, 0.15) is 15.9 Å². The first-order valence-electron chi connectivity index (χ1n) is 5.95. The van der Waals surface area contributed by atoms with Gasteiger partial charge in [-0.05, 0) is 17.7 Å². The van der Waals surface area contributed by atoms with Gasteiger partial charge in [0.2, 0.25) is 0 Å². The molecule has 2 rings (SSSR count). The van der Waals surface area contributed by atoms with E-state index in [9.17, 15) is 4.79 Å². The number of nitrogens with zero attached hydrogens (tertiary/aromatic N) is 3. The van der Waals surface area contributed by atoms with E-state index in [1.807, 2.05) is 36.2 Å². The van der Waals surface area contributed by atoms with Crippen molar-refractivity contribution < 1.29 is 9.53 Å². The summed E-state index contributed by atoms with van der Waals surface area (Å²) in [4.78, 5) is 20.8. The molecular weight excluding hydrogens is 278 g/mol. The van der Waals surface area contributed by atoms with E-state index in [1.54, 1.807) is 7.11 Å². The molecule has 0 aliphatic rings. The SMILES string of the molecule is COc1ccc(CN(C)c2ncnc(Cl)c2C=O)cc1. The molecule has 6 heteroatoms. The van der Waals surface area contributed by atoms with Gasteiger partial charge in [0.05, 0.1) is 12.7 Å². The molecule has 0 atom stereocenters. The summed E-state index contributed by atoms with van der Waals surface area (Å²) in [7, 11) is 3.47. The van der Waals surface area contributed by atoms with Crippen LogP contribution in [-0.2, 0) is 6.54 Å². The van der Waals surface area contributed by atoms with Gasteiger partial charge in [-0.1, -0.05) is 23.7 Å². The van der Waals surface area contributed by atoms with Crippen LogP contribution in [0.3, 0.4) is 0 Å². The van der Waals surface area contributed by atoms with E-state index in [2.05, 4.69) is 9.97 Å². The van der Waals surface area contributed by atoms with E-state index in [1.165, 1.54) is 6.33 Å². The lowest BCUT2D eigenvalue weighted by Gasteiger charge is -2.19. The van der Waals surface area contributed by atoms with Gasteiger partial charge in [-0.15, -0.1) is 0 Å². The Kier molecular flexibility index (Phi) is 4.53. The Bertz CT molecular complexity index is 602. The van der Waals surface area contributed by atoms with Crippen LogP contribution in [0, 0.1) is 0 Å². The monoisotopic (exact) mass is 291 g/mol. The Morgan fingerprint density at radius 3 is 2.60 bits per heavy atom. The van der Waals surface area contributed by atoms with Crippen LogP contribution in [0.15, 0.2) is 30.6 Å². The van der Waals surface area contributed by atoms with Crippen LogP contribution in [0.4, 0.5) is 5.82 Å². The highest BCUT2D eigenvalue weighted by Gasteiger charge is 2.13. The standard InChI is InChI=1S/C14H14ClN3O2/c1-18(7-10-3-5-11(20-2)6-4-10)14-12(8-19)13(15)16-9-17-14/h3-6,8-9H,7H2,1-2H3. The van der Waals surface area contributed by atoms with Crippen molar-refractivity contribution in [2.45, 2.75) is 6.54 Å². The Morgan fingerprint density at radius 1 is 1.30 bits per heavy atom. The second kappa shape index (κ2) is 6.34. The normalized spacial score (nSPS) is 10.2. The quantitative estimate of drug-likeness (QED) is 0.626. The van der Waals surface area contributed by atoms with E-state index in [-0.39, 0.29) is 5.15 Å². The smallest absolute Gasteiger partial charge is 0.156 e. The van der Waals surface area contributed by atoms with Crippen molar-refractivity contribution in [1.82, 2.24) is 9.97 Å². The molecule has 1 aromatic heterocycles. The fourth-order valence-corrected chi connectivity index (χ4v) is 2.02. The van der Waals surface area contributed by atoms with Gasteiger partial charge in [0.1, 0.15) is 23.0 Å². The lowest BCUT2D eigenvalue weighted by atomic mass is 10.2. The van der Waals surface area contributed by atoms with Crippen LogP contribution < -0.4 is 9.64 Å². The van der Waals surface area contributed by atoms with Crippen LogP contribution in [0.25, 0.3) is 0 Å². The first-order valence-corrected chi connectivity index (χ1v) is 6.33. The number of carbonyl (C=O) groups excluding carboxylic acids is 1. The summed E-state index contributed by atoms with van der Waals surface area (Å²) in [5, 5.41) is 0.159. The maximum Gasteiger partial charge on any atom is 0.156 e. The molecule has 0 fully saturated rings. The molecule has 20 heavy (non-hydrogen) atoms. The van der Waals surface area contributed by atoms with E-state index in [4.69, 9.17) is 16.3 Å². The Hall–Kier alpha value is -2.14. The average Bonchev–Trinajstić information content (AvgIpc) is 2.47. The van der Waals surface area contributed by atoms with Crippen LogP contribution in [0.5, 0.6) is 5.75 Å². The van der Waals surface area contributed by atoms with E-state index < -0.39 is 0 Å². The number of aromatic nitrogens is 2. The Balaban J connectivity index is 2.21. The van der Waals surface area contributed by atoms with Crippen LogP contribution in [-0.4, -0.2) is 30.4 Å². The molecule has 0 radical (unpaired) electrons. The molecule has 5 nitrogen and oxygen atoms in total. The van der Waals surface area contributed by atoms with Crippen LogP contribution in [0.2, 0.25) is 5.15 Å². The first-order chi connectivity index (χ1) is 9.65. The third kappa shape index (κ3) is 3.05. The minimum absolute atomic E-state index is 0.159. The predicted octanol–water partition coefficient (Wildman–Crippen LogP) is 2.59. The highest BCUT2D eigenvalue weighted by Crippen LogP contribution is 2.22. The van der Waals surface area contributed by atoms with Gasteiger partial charge in [0.25, 0.3) is 0 Å². The van der Waals surface area contributed by atoms with Crippen molar-refractivity contribution in [3.05, 3.63) is 46.9 Å². The highest BCUT2D eigenvalue weighted by molar-refractivity contribution is 6.32.